The number of aromatic amines is 1. The number of ether oxygens (including phenoxy) is 1. The molecule has 1 saturated carbocycles. The number of nitrogens with zero attached hydrogens (tertiary/aromatic N) is 4. The maximum atomic E-state index is 11.8. The topological polar surface area (TPSA) is 109 Å². The van der Waals surface area contributed by atoms with Gasteiger partial charge in [-0.2, -0.15) is 22.8 Å². The molecular weight excluding hydrogens is 390 g/mol. The Balaban J connectivity index is 1.41. The highest BCUT2D eigenvalue weighted by Crippen LogP contribution is 2.36. The number of carbonyl (C=O) groups is 1. The van der Waals surface area contributed by atoms with Crippen LogP contribution in [0.3, 0.4) is 0 Å². The minimum Gasteiger partial charge on any atom is -0.446 e. The largest absolute Gasteiger partial charge is 0.446 e. The summed E-state index contributed by atoms with van der Waals surface area (Å²) in [5.74, 6) is 2.22. The highest BCUT2D eigenvalue weighted by atomic mass is 32.1. The molecule has 3 aromatic heterocycles. The number of amides is 1. The number of alkyl carbamates (subject to hydrolysis) is 1. The van der Waals surface area contributed by atoms with Crippen LogP contribution in [0.5, 0.6) is 0 Å². The highest BCUT2D eigenvalue weighted by Gasteiger charge is 2.30. The number of H-pyrrole nitrogens is 1. The molecule has 10 heteroatoms. The zero-order chi connectivity index (χ0) is 20.4. The summed E-state index contributed by atoms with van der Waals surface area (Å²) in [6.07, 6.45) is 5.66. The maximum Gasteiger partial charge on any atom is 0.407 e. The van der Waals surface area contributed by atoms with E-state index in [1.807, 2.05) is 26.0 Å². The standard InChI is InChI=1S/C19H25N7O2S/c1-11(2)21-19(27)28-14-4-3-12(7-14)15-9-17(24-23-15)22-18-16-8-13(10-29)25-26(16)6-5-20-18/h5-6,8-9,11-12,14,29H,3-4,7,10H2,1-2H3,(H,21,27)(H2,20,22,23,24)/t12-,14+/m0/s1. The number of nitrogens with one attached hydrogen (secondary N) is 3. The Morgan fingerprint density at radius 1 is 1.41 bits per heavy atom. The summed E-state index contributed by atoms with van der Waals surface area (Å²) < 4.78 is 7.28. The van der Waals surface area contributed by atoms with Gasteiger partial charge in [0.05, 0.1) is 5.69 Å². The molecule has 3 N–H and O–H groups in total. The molecule has 29 heavy (non-hydrogen) atoms. The average Bonchev–Trinajstić information content (AvgIpc) is 3.40. The van der Waals surface area contributed by atoms with Gasteiger partial charge in [-0.25, -0.2) is 14.3 Å². The van der Waals surface area contributed by atoms with Crippen LogP contribution < -0.4 is 10.6 Å². The molecule has 1 aliphatic carbocycles. The number of fused-ring (bicyclic) bond motifs is 1. The first kappa shape index (κ1) is 19.6. The van der Waals surface area contributed by atoms with Gasteiger partial charge in [0.25, 0.3) is 0 Å². The Labute approximate surface area is 174 Å². The van der Waals surface area contributed by atoms with Gasteiger partial charge in [-0.15, -0.1) is 0 Å². The van der Waals surface area contributed by atoms with Crippen LogP contribution in [0.15, 0.2) is 24.5 Å². The fourth-order valence-electron chi connectivity index (χ4n) is 3.63. The van der Waals surface area contributed by atoms with E-state index in [0.29, 0.717) is 17.4 Å². The van der Waals surface area contributed by atoms with Gasteiger partial charge in [0.2, 0.25) is 0 Å². The second-order valence-corrected chi connectivity index (χ2v) is 7.89. The first-order valence-electron chi connectivity index (χ1n) is 9.75. The predicted octanol–water partition coefficient (Wildman–Crippen LogP) is 3.40. The Morgan fingerprint density at radius 3 is 3.07 bits per heavy atom. The van der Waals surface area contributed by atoms with Gasteiger partial charge >= 0.3 is 6.09 Å². The van der Waals surface area contributed by atoms with E-state index in [4.69, 9.17) is 4.74 Å². The van der Waals surface area contributed by atoms with E-state index in [0.717, 1.165) is 36.2 Å². The van der Waals surface area contributed by atoms with Crippen LogP contribution in [0, 0.1) is 0 Å². The van der Waals surface area contributed by atoms with Crippen molar-refractivity contribution in [2.45, 2.75) is 56.9 Å². The number of anilines is 2. The molecular formula is C19H25N7O2S. The van der Waals surface area contributed by atoms with Crippen molar-refractivity contribution in [1.82, 2.24) is 30.1 Å². The average molecular weight is 416 g/mol. The van der Waals surface area contributed by atoms with Crippen LogP contribution in [-0.4, -0.2) is 43.0 Å². The van der Waals surface area contributed by atoms with Crippen LogP contribution in [0.2, 0.25) is 0 Å². The zero-order valence-electron chi connectivity index (χ0n) is 16.4. The lowest BCUT2D eigenvalue weighted by Crippen LogP contribution is -2.33. The van der Waals surface area contributed by atoms with Crippen LogP contribution >= 0.6 is 12.6 Å². The summed E-state index contributed by atoms with van der Waals surface area (Å²) in [5.41, 5.74) is 2.77. The second-order valence-electron chi connectivity index (χ2n) is 7.57. The third-order valence-electron chi connectivity index (χ3n) is 4.95. The molecule has 0 aliphatic heterocycles. The van der Waals surface area contributed by atoms with Crippen molar-refractivity contribution in [2.75, 3.05) is 5.32 Å². The molecule has 3 aromatic rings. The SMILES string of the molecule is CC(C)NC(=O)O[C@@H]1CC[C@H](c2cc(Nc3nccn4nc(CS)cc34)n[nH]2)C1. The summed E-state index contributed by atoms with van der Waals surface area (Å²) in [6.45, 7) is 3.83. The van der Waals surface area contributed by atoms with Crippen molar-refractivity contribution in [1.29, 1.82) is 0 Å². The first-order chi connectivity index (χ1) is 14.0. The molecule has 1 fully saturated rings. The van der Waals surface area contributed by atoms with Crippen molar-refractivity contribution < 1.29 is 9.53 Å². The Hall–Kier alpha value is -2.75. The number of hydrogen-bond donors (Lipinski definition) is 4. The van der Waals surface area contributed by atoms with Gasteiger partial charge in [-0.05, 0) is 39.2 Å². The summed E-state index contributed by atoms with van der Waals surface area (Å²) in [6, 6.07) is 4.01. The van der Waals surface area contributed by atoms with Crippen molar-refractivity contribution in [2.24, 2.45) is 0 Å². The first-order valence-corrected chi connectivity index (χ1v) is 10.4. The lowest BCUT2D eigenvalue weighted by molar-refractivity contribution is 0.0981. The van der Waals surface area contributed by atoms with Gasteiger partial charge in [0, 0.05) is 41.9 Å². The Kier molecular flexibility index (Phi) is 5.61. The van der Waals surface area contributed by atoms with Crippen molar-refractivity contribution >= 4 is 35.9 Å². The molecule has 1 amide bonds. The van der Waals surface area contributed by atoms with E-state index < -0.39 is 0 Å². The molecule has 0 radical (unpaired) electrons. The van der Waals surface area contributed by atoms with Crippen molar-refractivity contribution in [3.8, 4) is 0 Å². The molecule has 0 unspecified atom stereocenters. The number of aromatic nitrogens is 5. The van der Waals surface area contributed by atoms with Crippen LogP contribution in [0.25, 0.3) is 5.52 Å². The number of carbonyl (C=O) groups excluding carboxylic acids is 1. The third-order valence-corrected chi connectivity index (χ3v) is 5.28. The molecule has 0 spiro atoms. The molecule has 0 bridgehead atoms. The molecule has 3 heterocycles. The monoisotopic (exact) mass is 415 g/mol. The van der Waals surface area contributed by atoms with Crippen molar-refractivity contribution in [3.05, 3.63) is 35.9 Å². The van der Waals surface area contributed by atoms with E-state index in [2.05, 4.69) is 43.5 Å². The zero-order valence-corrected chi connectivity index (χ0v) is 17.3. The van der Waals surface area contributed by atoms with Gasteiger partial charge in [0.15, 0.2) is 11.6 Å². The number of thiol groups is 1. The number of hydrogen-bond acceptors (Lipinski definition) is 7. The van der Waals surface area contributed by atoms with Gasteiger partial charge < -0.3 is 15.4 Å². The van der Waals surface area contributed by atoms with Gasteiger partial charge in [0.1, 0.15) is 11.6 Å². The third kappa shape index (κ3) is 4.47. The van der Waals surface area contributed by atoms with Crippen LogP contribution in [0.4, 0.5) is 16.4 Å². The summed E-state index contributed by atoms with van der Waals surface area (Å²) in [4.78, 5) is 16.2. The van der Waals surface area contributed by atoms with E-state index >= 15 is 0 Å². The molecule has 2 atom stereocenters. The second kappa shape index (κ2) is 8.32. The summed E-state index contributed by atoms with van der Waals surface area (Å²) in [7, 11) is 0. The maximum absolute atomic E-state index is 11.8. The number of rotatable bonds is 6. The Morgan fingerprint density at radius 2 is 2.28 bits per heavy atom. The highest BCUT2D eigenvalue weighted by molar-refractivity contribution is 7.79. The summed E-state index contributed by atoms with van der Waals surface area (Å²) >= 11 is 4.28. The predicted molar refractivity (Wildman–Crippen MR) is 113 cm³/mol. The fourth-order valence-corrected chi connectivity index (χ4v) is 3.78. The van der Waals surface area contributed by atoms with E-state index in [9.17, 15) is 4.79 Å². The van der Waals surface area contributed by atoms with Crippen molar-refractivity contribution in [3.63, 3.8) is 0 Å². The molecule has 154 valence electrons. The van der Waals surface area contributed by atoms with Crippen LogP contribution in [-0.2, 0) is 10.5 Å². The minimum atomic E-state index is -0.349. The molecule has 1 aliphatic rings. The lowest BCUT2D eigenvalue weighted by atomic mass is 10.0. The smallest absolute Gasteiger partial charge is 0.407 e. The van der Waals surface area contributed by atoms with Crippen LogP contribution in [0.1, 0.15) is 50.4 Å². The van der Waals surface area contributed by atoms with Gasteiger partial charge in [-0.1, -0.05) is 0 Å². The molecule has 0 saturated heterocycles. The van der Waals surface area contributed by atoms with E-state index in [1.54, 1.807) is 16.9 Å². The van der Waals surface area contributed by atoms with E-state index in [1.165, 1.54) is 0 Å². The fraction of sp³-hybridized carbons (Fsp3) is 0.474. The lowest BCUT2D eigenvalue weighted by Gasteiger charge is -2.14. The summed E-state index contributed by atoms with van der Waals surface area (Å²) in [5, 5.41) is 17.9. The molecule has 0 aromatic carbocycles. The molecule has 4 rings (SSSR count). The Bertz CT molecular complexity index is 1000. The normalized spacial score (nSPS) is 19.0. The molecule has 9 nitrogen and oxygen atoms in total. The van der Waals surface area contributed by atoms with Gasteiger partial charge in [-0.3, -0.25) is 5.10 Å². The van der Waals surface area contributed by atoms with E-state index in [-0.39, 0.29) is 24.2 Å². The quantitative estimate of drug-likeness (QED) is 0.460. The minimum absolute atomic E-state index is 0.0682.